The van der Waals surface area contributed by atoms with E-state index in [1.807, 2.05) is 49.4 Å². The van der Waals surface area contributed by atoms with Crippen LogP contribution in [0.15, 0.2) is 48.5 Å². The Kier molecular flexibility index (Phi) is 6.05. The molecule has 0 amide bonds. The fourth-order valence-corrected chi connectivity index (χ4v) is 3.58. The van der Waals surface area contributed by atoms with Crippen LogP contribution in [-0.4, -0.2) is 38.0 Å². The largest absolute Gasteiger partial charge is 0.493 e. The van der Waals surface area contributed by atoms with Crippen LogP contribution in [0.4, 0.5) is 0 Å². The van der Waals surface area contributed by atoms with Gasteiger partial charge in [0.15, 0.2) is 11.5 Å². The summed E-state index contributed by atoms with van der Waals surface area (Å²) in [4.78, 5) is 0. The lowest BCUT2D eigenvalue weighted by molar-refractivity contribution is 0.0549. The van der Waals surface area contributed by atoms with E-state index in [1.54, 1.807) is 7.11 Å². The van der Waals surface area contributed by atoms with Gasteiger partial charge in [-0.2, -0.15) is 0 Å². The first kappa shape index (κ1) is 19.3. The quantitative estimate of drug-likeness (QED) is 0.799. The Balaban J connectivity index is 1.77. The van der Waals surface area contributed by atoms with Crippen LogP contribution in [-0.2, 0) is 0 Å². The maximum Gasteiger partial charge on any atom is 0.162 e. The average molecular weight is 365 g/mol. The van der Waals surface area contributed by atoms with Crippen molar-refractivity contribution in [3.63, 3.8) is 0 Å². The van der Waals surface area contributed by atoms with Crippen molar-refractivity contribution in [2.24, 2.45) is 5.41 Å². The predicted molar refractivity (Wildman–Crippen MR) is 107 cm³/mol. The molecule has 142 valence electrons. The normalized spacial score (nSPS) is 22.6. The summed E-state index contributed by atoms with van der Waals surface area (Å²) in [6, 6.07) is 15.8. The lowest BCUT2D eigenvalue weighted by atomic mass is 9.72. The molecule has 2 N–H and O–H groups in total. The molecule has 0 aromatic heterocycles. The maximum absolute atomic E-state index is 10.3. The van der Waals surface area contributed by atoms with E-state index in [2.05, 4.69) is 30.1 Å². The van der Waals surface area contributed by atoms with E-state index < -0.39 is 6.10 Å². The van der Waals surface area contributed by atoms with Crippen LogP contribution in [0, 0.1) is 17.3 Å². The van der Waals surface area contributed by atoms with Gasteiger partial charge >= 0.3 is 0 Å². The van der Waals surface area contributed by atoms with Crippen LogP contribution in [0.3, 0.4) is 0 Å². The molecule has 4 heteroatoms. The Morgan fingerprint density at radius 1 is 1.22 bits per heavy atom. The number of aliphatic hydroxyl groups excluding tert-OH is 1. The molecule has 4 nitrogen and oxygen atoms in total. The van der Waals surface area contributed by atoms with Crippen molar-refractivity contribution in [1.82, 2.24) is 5.32 Å². The summed E-state index contributed by atoms with van der Waals surface area (Å²) in [5, 5.41) is 13.7. The molecule has 3 atom stereocenters. The predicted octanol–water partition coefficient (Wildman–Crippen LogP) is 3.20. The molecule has 2 aromatic rings. The lowest BCUT2D eigenvalue weighted by Crippen LogP contribution is -2.36. The van der Waals surface area contributed by atoms with Gasteiger partial charge in [-0.15, -0.1) is 0 Å². The molecule has 1 aliphatic rings. The van der Waals surface area contributed by atoms with Crippen molar-refractivity contribution >= 4 is 0 Å². The molecule has 0 unspecified atom stereocenters. The van der Waals surface area contributed by atoms with Gasteiger partial charge in [-0.1, -0.05) is 43.0 Å². The molecular weight excluding hydrogens is 338 g/mol. The number of nitrogens with one attached hydrogen (secondary N) is 1. The molecule has 0 spiro atoms. The summed E-state index contributed by atoms with van der Waals surface area (Å²) in [5.74, 6) is 7.71. The van der Waals surface area contributed by atoms with Crippen molar-refractivity contribution < 1.29 is 14.6 Å². The van der Waals surface area contributed by atoms with E-state index in [4.69, 9.17) is 9.47 Å². The minimum absolute atomic E-state index is 0.209. The van der Waals surface area contributed by atoms with Crippen molar-refractivity contribution in [3.05, 3.63) is 59.7 Å². The highest BCUT2D eigenvalue weighted by Crippen LogP contribution is 2.43. The minimum Gasteiger partial charge on any atom is -0.493 e. The second kappa shape index (κ2) is 8.47. The monoisotopic (exact) mass is 365 g/mol. The first-order valence-electron chi connectivity index (χ1n) is 9.28. The van der Waals surface area contributed by atoms with Crippen LogP contribution in [0.2, 0.25) is 0 Å². The third kappa shape index (κ3) is 4.27. The summed E-state index contributed by atoms with van der Waals surface area (Å²) in [6.07, 6.45) is -0.402. The van der Waals surface area contributed by atoms with E-state index in [1.165, 1.54) is 0 Å². The fourth-order valence-electron chi connectivity index (χ4n) is 3.58. The van der Waals surface area contributed by atoms with Gasteiger partial charge in [0.25, 0.3) is 0 Å². The Morgan fingerprint density at radius 2 is 2.00 bits per heavy atom. The van der Waals surface area contributed by atoms with Gasteiger partial charge in [0, 0.05) is 30.0 Å². The Hall–Kier alpha value is -2.48. The SMILES string of the molecule is COc1ccc([C@@H]2CNC[C@@]2(C)[C@@H](C)O)cc1OCC#Cc1ccccc1. The van der Waals surface area contributed by atoms with Crippen LogP contribution >= 0.6 is 0 Å². The molecule has 1 fully saturated rings. The molecular formula is C23H27NO3. The van der Waals surface area contributed by atoms with Crippen molar-refractivity contribution in [1.29, 1.82) is 0 Å². The highest BCUT2D eigenvalue weighted by atomic mass is 16.5. The average Bonchev–Trinajstić information content (AvgIpc) is 3.09. The summed E-state index contributed by atoms with van der Waals surface area (Å²) < 4.78 is 11.3. The summed E-state index contributed by atoms with van der Waals surface area (Å²) >= 11 is 0. The molecule has 27 heavy (non-hydrogen) atoms. The summed E-state index contributed by atoms with van der Waals surface area (Å²) in [7, 11) is 1.63. The highest BCUT2D eigenvalue weighted by molar-refractivity contribution is 5.45. The second-order valence-electron chi connectivity index (χ2n) is 7.23. The van der Waals surface area contributed by atoms with E-state index in [9.17, 15) is 5.11 Å². The topological polar surface area (TPSA) is 50.7 Å². The molecule has 1 aliphatic heterocycles. The third-order valence-corrected chi connectivity index (χ3v) is 5.50. The first-order valence-corrected chi connectivity index (χ1v) is 9.28. The first-order chi connectivity index (χ1) is 13.0. The number of aliphatic hydroxyl groups is 1. The number of ether oxygens (including phenoxy) is 2. The molecule has 0 saturated carbocycles. The van der Waals surface area contributed by atoms with Gasteiger partial charge < -0.3 is 19.9 Å². The number of methoxy groups -OCH3 is 1. The number of benzene rings is 2. The van der Waals surface area contributed by atoms with E-state index >= 15 is 0 Å². The fraction of sp³-hybridized carbons (Fsp3) is 0.391. The standard InChI is InChI=1S/C23H27NO3/c1-17(25)23(2)16-24-15-20(23)19-11-12-21(26-3)22(14-19)27-13-7-10-18-8-5-4-6-9-18/h4-6,8-9,11-12,14,17,20,24-25H,13,15-16H2,1-3H3/t17-,20+,23+/m1/s1. The summed E-state index contributed by atoms with van der Waals surface area (Å²) in [6.45, 7) is 5.89. The van der Waals surface area contributed by atoms with Gasteiger partial charge in [0.2, 0.25) is 0 Å². The number of hydrogen-bond acceptors (Lipinski definition) is 4. The maximum atomic E-state index is 10.3. The Bertz CT molecular complexity index is 823. The van der Waals surface area contributed by atoms with E-state index in [0.717, 1.165) is 24.2 Å². The van der Waals surface area contributed by atoms with Crippen molar-refractivity contribution in [2.75, 3.05) is 26.8 Å². The zero-order valence-electron chi connectivity index (χ0n) is 16.2. The van der Waals surface area contributed by atoms with Gasteiger partial charge in [0.05, 0.1) is 13.2 Å². The van der Waals surface area contributed by atoms with Crippen LogP contribution in [0.1, 0.15) is 30.9 Å². The zero-order chi connectivity index (χ0) is 19.3. The summed E-state index contributed by atoms with van der Waals surface area (Å²) in [5.41, 5.74) is 1.89. The highest BCUT2D eigenvalue weighted by Gasteiger charge is 2.43. The molecule has 3 rings (SSSR count). The van der Waals surface area contributed by atoms with Crippen molar-refractivity contribution in [2.45, 2.75) is 25.9 Å². The minimum atomic E-state index is -0.402. The van der Waals surface area contributed by atoms with Gasteiger partial charge in [-0.25, -0.2) is 0 Å². The Morgan fingerprint density at radius 3 is 2.70 bits per heavy atom. The van der Waals surface area contributed by atoms with Gasteiger partial charge in [-0.05, 0) is 36.8 Å². The van der Waals surface area contributed by atoms with Crippen LogP contribution in [0.25, 0.3) is 0 Å². The van der Waals surface area contributed by atoms with Crippen LogP contribution in [0.5, 0.6) is 11.5 Å². The van der Waals surface area contributed by atoms with Crippen LogP contribution < -0.4 is 14.8 Å². The molecule has 0 radical (unpaired) electrons. The van der Waals surface area contributed by atoms with Crippen molar-refractivity contribution in [3.8, 4) is 23.3 Å². The number of hydrogen-bond donors (Lipinski definition) is 2. The lowest BCUT2D eigenvalue weighted by Gasteiger charge is -2.34. The molecule has 0 aliphatic carbocycles. The number of rotatable bonds is 5. The van der Waals surface area contributed by atoms with Gasteiger partial charge in [0.1, 0.15) is 6.61 Å². The smallest absolute Gasteiger partial charge is 0.162 e. The second-order valence-corrected chi connectivity index (χ2v) is 7.23. The van der Waals surface area contributed by atoms with Gasteiger partial charge in [-0.3, -0.25) is 0 Å². The zero-order valence-corrected chi connectivity index (χ0v) is 16.2. The third-order valence-electron chi connectivity index (χ3n) is 5.50. The molecule has 1 saturated heterocycles. The molecule has 0 bridgehead atoms. The molecule has 2 aromatic carbocycles. The molecule has 1 heterocycles. The van der Waals surface area contributed by atoms with E-state index in [-0.39, 0.29) is 17.9 Å². The van der Waals surface area contributed by atoms with E-state index in [0.29, 0.717) is 11.5 Å². The Labute approximate surface area is 161 Å².